The second-order valence-electron chi connectivity index (χ2n) is 11.5. The SMILES string of the molecule is COC[C@H](NC(=O)[C@H](COC)NC(=O)[s+]1ccnc1C)C(=O)N[C@@H](Cc1ccccc1)C(=O)[C@@](C)(CI)OC(=O)c1ccccc1COC(C)=O. The average molecular weight is 838 g/mol. The molecule has 16 heteroatoms. The Bertz CT molecular complexity index is 1690. The second kappa shape index (κ2) is 20.0. The third-order valence-corrected chi connectivity index (χ3v) is 10.7. The van der Waals surface area contributed by atoms with Gasteiger partial charge in [-0.05, 0) is 25.0 Å². The lowest BCUT2D eigenvalue weighted by atomic mass is 9.91. The Morgan fingerprint density at radius 3 is 2.02 bits per heavy atom. The molecule has 0 spiro atoms. The number of ketones is 1. The predicted octanol–water partition coefficient (Wildman–Crippen LogP) is 3.25. The van der Waals surface area contributed by atoms with Gasteiger partial charge in [0.25, 0.3) is 0 Å². The number of aromatic nitrogens is 1. The fourth-order valence-electron chi connectivity index (χ4n) is 4.85. The Morgan fingerprint density at radius 1 is 0.863 bits per heavy atom. The summed E-state index contributed by atoms with van der Waals surface area (Å²) in [5, 5.41) is 9.76. The standard InChI is InChI=1S/C35H41IN4O10S/c1-22-37-15-16-51(22)34(46)40-29(20-48-5)32(44)39-28(19-47-4)31(43)38-27(17-24-11-7-6-8-12-24)30(42)35(3,21-36)50-33(45)26-14-10-9-13-25(26)18-49-23(2)41/h6-16,27-29H,17-21H2,1-5H3,(H2-,38,39,40,43,44,46)/p+1/t27-,28-,29-,35+,51?/m0/s1. The van der Waals surface area contributed by atoms with Gasteiger partial charge in [-0.3, -0.25) is 24.5 Å². The number of aryl methyl sites for hydroxylation is 1. The number of nitrogens with zero attached hydrogens (tertiary/aromatic N) is 1. The Labute approximate surface area is 312 Å². The summed E-state index contributed by atoms with van der Waals surface area (Å²) in [6.45, 7) is 3.78. The summed E-state index contributed by atoms with van der Waals surface area (Å²) in [6.07, 6.45) is 1.55. The van der Waals surface area contributed by atoms with Gasteiger partial charge in [0.05, 0.1) is 41.5 Å². The lowest BCUT2D eigenvalue weighted by Crippen LogP contribution is -2.60. The van der Waals surface area contributed by atoms with E-state index in [-0.39, 0.29) is 36.2 Å². The van der Waals surface area contributed by atoms with E-state index in [0.29, 0.717) is 16.1 Å². The van der Waals surface area contributed by atoms with E-state index in [1.54, 1.807) is 60.8 Å². The molecule has 0 radical (unpaired) electrons. The monoisotopic (exact) mass is 837 g/mol. The molecule has 5 atom stereocenters. The molecule has 3 rings (SSSR count). The zero-order valence-electron chi connectivity index (χ0n) is 28.9. The van der Waals surface area contributed by atoms with E-state index in [9.17, 15) is 28.8 Å². The number of Topliss-reactive ketones (excluding diaryl/α,β-unsaturated/α-hetero) is 1. The van der Waals surface area contributed by atoms with Gasteiger partial charge >= 0.3 is 17.2 Å². The summed E-state index contributed by atoms with van der Waals surface area (Å²) < 4.78 is 21.4. The molecule has 3 aromatic rings. The van der Waals surface area contributed by atoms with Crippen molar-refractivity contribution in [2.75, 3.05) is 31.9 Å². The molecule has 0 saturated carbocycles. The largest absolute Gasteiger partial charge is 0.461 e. The van der Waals surface area contributed by atoms with Crippen molar-refractivity contribution in [2.24, 2.45) is 0 Å². The number of alkyl halides is 1. The molecule has 3 amide bonds. The highest BCUT2D eigenvalue weighted by Gasteiger charge is 2.42. The van der Waals surface area contributed by atoms with Crippen LogP contribution in [-0.2, 0) is 51.2 Å². The van der Waals surface area contributed by atoms with Gasteiger partial charge in [-0.15, -0.1) is 0 Å². The lowest BCUT2D eigenvalue weighted by Gasteiger charge is -2.32. The number of hydrogen-bond donors (Lipinski definition) is 3. The average Bonchev–Trinajstić information content (AvgIpc) is 3.55. The Hall–Kier alpha value is -4.26. The number of thiazole rings is 1. The van der Waals surface area contributed by atoms with Gasteiger partial charge in [-0.1, -0.05) is 71.1 Å². The van der Waals surface area contributed by atoms with E-state index in [4.69, 9.17) is 18.9 Å². The van der Waals surface area contributed by atoms with Crippen LogP contribution in [0.2, 0.25) is 0 Å². The van der Waals surface area contributed by atoms with Gasteiger partial charge in [0.2, 0.25) is 16.8 Å². The predicted molar refractivity (Wildman–Crippen MR) is 197 cm³/mol. The van der Waals surface area contributed by atoms with Gasteiger partial charge in [0, 0.05) is 38.1 Å². The van der Waals surface area contributed by atoms with Crippen molar-refractivity contribution in [3.8, 4) is 0 Å². The molecule has 0 aliphatic carbocycles. The van der Waals surface area contributed by atoms with E-state index in [1.807, 2.05) is 22.6 Å². The zero-order chi connectivity index (χ0) is 37.6. The molecule has 1 aromatic heterocycles. The lowest BCUT2D eigenvalue weighted by molar-refractivity contribution is -0.142. The van der Waals surface area contributed by atoms with E-state index in [2.05, 4.69) is 20.9 Å². The Balaban J connectivity index is 1.85. The highest BCUT2D eigenvalue weighted by atomic mass is 127. The van der Waals surface area contributed by atoms with Crippen LogP contribution < -0.4 is 16.0 Å². The van der Waals surface area contributed by atoms with Gasteiger partial charge < -0.3 is 29.6 Å². The molecular weight excluding hydrogens is 795 g/mol. The molecule has 0 aliphatic rings. The number of amides is 3. The second-order valence-corrected chi connectivity index (χ2v) is 14.2. The minimum absolute atomic E-state index is 0.0280. The Kier molecular flexibility index (Phi) is 16.1. The third-order valence-electron chi connectivity index (χ3n) is 7.56. The minimum atomic E-state index is -1.72. The molecule has 51 heavy (non-hydrogen) atoms. The first-order valence-corrected chi connectivity index (χ1v) is 18.6. The molecule has 2 aromatic carbocycles. The van der Waals surface area contributed by atoms with Gasteiger partial charge in [-0.2, -0.15) is 0 Å². The van der Waals surface area contributed by atoms with Crippen LogP contribution in [0, 0.1) is 6.92 Å². The van der Waals surface area contributed by atoms with Crippen LogP contribution in [0.25, 0.3) is 0 Å². The summed E-state index contributed by atoms with van der Waals surface area (Å²) in [6, 6.07) is 11.7. The van der Waals surface area contributed by atoms with Crippen molar-refractivity contribution in [2.45, 2.75) is 57.5 Å². The first kappa shape index (κ1) is 41.2. The number of ether oxygens (including phenoxy) is 4. The van der Waals surface area contributed by atoms with Crippen molar-refractivity contribution >= 4 is 67.8 Å². The van der Waals surface area contributed by atoms with Crippen molar-refractivity contribution in [3.05, 3.63) is 87.9 Å². The molecule has 0 saturated heterocycles. The number of benzene rings is 2. The first-order valence-electron chi connectivity index (χ1n) is 15.8. The fourth-order valence-corrected chi connectivity index (χ4v) is 6.60. The minimum Gasteiger partial charge on any atom is -0.461 e. The molecule has 0 bridgehead atoms. The molecule has 14 nitrogen and oxygen atoms in total. The zero-order valence-corrected chi connectivity index (χ0v) is 31.9. The maximum Gasteiger partial charge on any atom is 0.458 e. The topological polar surface area (TPSA) is 188 Å². The molecule has 274 valence electrons. The number of halogens is 1. The summed E-state index contributed by atoms with van der Waals surface area (Å²) in [5.74, 6) is -3.41. The van der Waals surface area contributed by atoms with Gasteiger partial charge in [0.15, 0.2) is 16.8 Å². The van der Waals surface area contributed by atoms with Crippen molar-refractivity contribution in [1.82, 2.24) is 20.9 Å². The van der Waals surface area contributed by atoms with E-state index >= 15 is 0 Å². The smallest absolute Gasteiger partial charge is 0.458 e. The number of carbonyl (C=O) groups excluding carboxylic acids is 6. The quantitative estimate of drug-likeness (QED) is 0.0697. The van der Waals surface area contributed by atoms with Crippen LogP contribution in [0.1, 0.15) is 40.3 Å². The number of hydrogen-bond acceptors (Lipinski definition) is 11. The summed E-state index contributed by atoms with van der Waals surface area (Å²) in [4.78, 5) is 83.4. The third kappa shape index (κ3) is 11.9. The summed E-state index contributed by atoms with van der Waals surface area (Å²) in [7, 11) is 1.75. The highest BCUT2D eigenvalue weighted by Crippen LogP contribution is 2.24. The van der Waals surface area contributed by atoms with Crippen LogP contribution in [-0.4, -0.2) is 95.3 Å². The molecule has 0 fully saturated rings. The summed E-state index contributed by atoms with van der Waals surface area (Å²) in [5.41, 5.74) is -0.511. The highest BCUT2D eigenvalue weighted by molar-refractivity contribution is 14.1. The molecule has 3 N–H and O–H groups in total. The number of methoxy groups -OCH3 is 2. The van der Waals surface area contributed by atoms with Crippen molar-refractivity contribution in [3.63, 3.8) is 0 Å². The molecule has 1 unspecified atom stereocenters. The van der Waals surface area contributed by atoms with E-state index < -0.39 is 69.0 Å². The van der Waals surface area contributed by atoms with Crippen LogP contribution in [0.15, 0.2) is 66.2 Å². The van der Waals surface area contributed by atoms with Crippen molar-refractivity contribution in [1.29, 1.82) is 0 Å². The van der Waals surface area contributed by atoms with Crippen LogP contribution in [0.3, 0.4) is 0 Å². The van der Waals surface area contributed by atoms with Crippen LogP contribution in [0.5, 0.6) is 0 Å². The first-order chi connectivity index (χ1) is 24.3. The Morgan fingerprint density at radius 2 is 1.45 bits per heavy atom. The fraction of sp³-hybridized carbons (Fsp3) is 0.400. The van der Waals surface area contributed by atoms with E-state index in [1.165, 1.54) is 40.3 Å². The normalized spacial score (nSPS) is 14.2. The number of esters is 2. The number of nitrogens with one attached hydrogen (secondary N) is 3. The van der Waals surface area contributed by atoms with E-state index in [0.717, 1.165) is 0 Å². The number of rotatable bonds is 19. The van der Waals surface area contributed by atoms with Gasteiger partial charge in [0.1, 0.15) is 18.7 Å². The van der Waals surface area contributed by atoms with Crippen LogP contribution >= 0.6 is 33.1 Å². The molecule has 1 heterocycles. The van der Waals surface area contributed by atoms with Crippen molar-refractivity contribution < 1.29 is 47.7 Å². The maximum absolute atomic E-state index is 14.3. The molecular formula is C35H42IN4O10S+. The molecule has 0 aliphatic heterocycles. The summed E-state index contributed by atoms with van der Waals surface area (Å²) >= 11 is 1.93. The van der Waals surface area contributed by atoms with Gasteiger partial charge in [-0.25, -0.2) is 14.6 Å². The maximum atomic E-state index is 14.3. The van der Waals surface area contributed by atoms with Crippen LogP contribution in [0.4, 0.5) is 4.79 Å². The number of carbonyl (C=O) groups is 6.